The topological polar surface area (TPSA) is 67.4 Å². The maximum atomic E-state index is 11.4. The molecule has 0 aliphatic rings. The molecule has 6 heteroatoms. The summed E-state index contributed by atoms with van der Waals surface area (Å²) in [5.41, 5.74) is 0.939. The van der Waals surface area contributed by atoms with E-state index >= 15 is 0 Å². The normalized spacial score (nSPS) is 13.5. The lowest BCUT2D eigenvalue weighted by Crippen LogP contribution is -2.38. The average molecular weight is 258 g/mol. The van der Waals surface area contributed by atoms with Crippen molar-refractivity contribution in [2.24, 2.45) is 0 Å². The molecule has 2 N–H and O–H groups in total. The highest BCUT2D eigenvalue weighted by Gasteiger charge is 2.14. The summed E-state index contributed by atoms with van der Waals surface area (Å²) in [5, 5.41) is 0. The Morgan fingerprint density at radius 1 is 1.24 bits per heavy atom. The van der Waals surface area contributed by atoms with Crippen LogP contribution in [0.2, 0.25) is 0 Å². The molecule has 0 saturated carbocycles. The second-order valence-electron chi connectivity index (χ2n) is 3.48. The standard InChI is InChI=1S/C11H18N2O3S/c1-3-12-17(14,15)13-9-11(16-2)10-7-5-4-6-8-10/h4-8,11-13H,3,9H2,1-2H3. The first-order valence-electron chi connectivity index (χ1n) is 5.41. The van der Waals surface area contributed by atoms with Gasteiger partial charge in [0.15, 0.2) is 0 Å². The van der Waals surface area contributed by atoms with E-state index in [9.17, 15) is 8.42 Å². The number of hydrogen-bond donors (Lipinski definition) is 2. The third-order valence-corrected chi connectivity index (χ3v) is 3.46. The fraction of sp³-hybridized carbons (Fsp3) is 0.455. The van der Waals surface area contributed by atoms with E-state index in [4.69, 9.17) is 4.74 Å². The molecule has 1 aromatic rings. The quantitative estimate of drug-likeness (QED) is 0.761. The van der Waals surface area contributed by atoms with Gasteiger partial charge in [0.1, 0.15) is 0 Å². The van der Waals surface area contributed by atoms with E-state index < -0.39 is 10.2 Å². The Labute approximate surface area is 102 Å². The molecule has 0 spiro atoms. The first-order valence-corrected chi connectivity index (χ1v) is 6.89. The SMILES string of the molecule is CCNS(=O)(=O)NCC(OC)c1ccccc1. The van der Waals surface area contributed by atoms with Crippen molar-refractivity contribution in [1.82, 2.24) is 9.44 Å². The largest absolute Gasteiger partial charge is 0.375 e. The van der Waals surface area contributed by atoms with E-state index in [1.165, 1.54) is 0 Å². The van der Waals surface area contributed by atoms with Crippen LogP contribution in [0, 0.1) is 0 Å². The van der Waals surface area contributed by atoms with Crippen LogP contribution in [0.25, 0.3) is 0 Å². The molecule has 0 aliphatic heterocycles. The summed E-state index contributed by atoms with van der Waals surface area (Å²) < 4.78 is 32.9. The number of methoxy groups -OCH3 is 1. The number of benzene rings is 1. The number of nitrogens with one attached hydrogen (secondary N) is 2. The van der Waals surface area contributed by atoms with E-state index in [1.807, 2.05) is 30.3 Å². The van der Waals surface area contributed by atoms with Crippen molar-refractivity contribution in [1.29, 1.82) is 0 Å². The van der Waals surface area contributed by atoms with Crippen LogP contribution >= 0.6 is 0 Å². The van der Waals surface area contributed by atoms with Crippen LogP contribution in [0.3, 0.4) is 0 Å². The zero-order valence-corrected chi connectivity index (χ0v) is 10.8. The zero-order valence-electron chi connectivity index (χ0n) is 10.0. The number of ether oxygens (including phenoxy) is 1. The highest BCUT2D eigenvalue weighted by molar-refractivity contribution is 7.87. The van der Waals surface area contributed by atoms with Crippen molar-refractivity contribution in [3.8, 4) is 0 Å². The van der Waals surface area contributed by atoms with Crippen LogP contribution in [0.1, 0.15) is 18.6 Å². The molecule has 0 fully saturated rings. The molecule has 0 bridgehead atoms. The predicted octanol–water partition coefficient (Wildman–Crippen LogP) is 0.818. The Morgan fingerprint density at radius 3 is 2.41 bits per heavy atom. The van der Waals surface area contributed by atoms with Gasteiger partial charge in [0, 0.05) is 20.2 Å². The van der Waals surface area contributed by atoms with Crippen molar-refractivity contribution in [3.63, 3.8) is 0 Å². The zero-order chi connectivity index (χ0) is 12.7. The predicted molar refractivity (Wildman–Crippen MR) is 66.8 cm³/mol. The van der Waals surface area contributed by atoms with Gasteiger partial charge in [-0.2, -0.15) is 13.1 Å². The molecule has 0 saturated heterocycles. The van der Waals surface area contributed by atoms with Gasteiger partial charge in [0.2, 0.25) is 0 Å². The van der Waals surface area contributed by atoms with Crippen molar-refractivity contribution in [2.45, 2.75) is 13.0 Å². The number of hydrogen-bond acceptors (Lipinski definition) is 3. The molecule has 0 radical (unpaired) electrons. The summed E-state index contributed by atoms with van der Waals surface area (Å²) >= 11 is 0. The van der Waals surface area contributed by atoms with Crippen molar-refractivity contribution < 1.29 is 13.2 Å². The van der Waals surface area contributed by atoms with Gasteiger partial charge in [-0.3, -0.25) is 0 Å². The van der Waals surface area contributed by atoms with E-state index in [1.54, 1.807) is 14.0 Å². The van der Waals surface area contributed by atoms with Gasteiger partial charge >= 0.3 is 0 Å². The van der Waals surface area contributed by atoms with E-state index in [2.05, 4.69) is 9.44 Å². The van der Waals surface area contributed by atoms with Crippen molar-refractivity contribution in [3.05, 3.63) is 35.9 Å². The highest BCUT2D eigenvalue weighted by Crippen LogP contribution is 2.14. The van der Waals surface area contributed by atoms with Gasteiger partial charge in [-0.05, 0) is 5.56 Å². The summed E-state index contributed by atoms with van der Waals surface area (Å²) in [4.78, 5) is 0. The van der Waals surface area contributed by atoms with Crippen LogP contribution in [-0.2, 0) is 14.9 Å². The van der Waals surface area contributed by atoms with Crippen LogP contribution < -0.4 is 9.44 Å². The molecule has 96 valence electrons. The summed E-state index contributed by atoms with van der Waals surface area (Å²) in [6.45, 7) is 2.29. The first kappa shape index (κ1) is 14.1. The molecule has 5 nitrogen and oxygen atoms in total. The molecular formula is C11H18N2O3S. The Kier molecular flexibility index (Phi) is 5.57. The third kappa shape index (κ3) is 4.82. The highest BCUT2D eigenvalue weighted by atomic mass is 32.2. The molecular weight excluding hydrogens is 240 g/mol. The molecule has 0 aromatic heterocycles. The number of rotatable bonds is 7. The minimum absolute atomic E-state index is 0.204. The van der Waals surface area contributed by atoms with Crippen molar-refractivity contribution >= 4 is 10.2 Å². The second kappa shape index (κ2) is 6.70. The van der Waals surface area contributed by atoms with Crippen molar-refractivity contribution in [2.75, 3.05) is 20.2 Å². The fourth-order valence-electron chi connectivity index (χ4n) is 1.43. The molecule has 1 aromatic carbocycles. The fourth-order valence-corrected chi connectivity index (χ4v) is 2.28. The Bertz CT molecular complexity index is 420. The Morgan fingerprint density at radius 2 is 1.88 bits per heavy atom. The van der Waals surface area contributed by atoms with Crippen LogP contribution in [-0.4, -0.2) is 28.6 Å². The Balaban J connectivity index is 2.60. The monoisotopic (exact) mass is 258 g/mol. The molecule has 0 heterocycles. The molecule has 1 rings (SSSR count). The lowest BCUT2D eigenvalue weighted by atomic mass is 10.1. The third-order valence-electron chi connectivity index (χ3n) is 2.25. The maximum Gasteiger partial charge on any atom is 0.276 e. The lowest BCUT2D eigenvalue weighted by molar-refractivity contribution is 0.107. The molecule has 0 aliphatic carbocycles. The lowest BCUT2D eigenvalue weighted by Gasteiger charge is -2.16. The molecule has 1 unspecified atom stereocenters. The summed E-state index contributed by atoms with van der Waals surface area (Å²) in [6.07, 6.45) is -0.287. The Hall–Kier alpha value is -0.950. The molecule has 1 atom stereocenters. The van der Waals surface area contributed by atoms with Gasteiger partial charge in [-0.15, -0.1) is 0 Å². The minimum atomic E-state index is -3.42. The van der Waals surface area contributed by atoms with Crippen LogP contribution in [0.4, 0.5) is 0 Å². The average Bonchev–Trinajstić information content (AvgIpc) is 2.31. The van der Waals surface area contributed by atoms with Gasteiger partial charge in [0.05, 0.1) is 6.10 Å². The van der Waals surface area contributed by atoms with Gasteiger partial charge in [0.25, 0.3) is 10.2 Å². The minimum Gasteiger partial charge on any atom is -0.375 e. The summed E-state index contributed by atoms with van der Waals surface area (Å²) in [6, 6.07) is 9.48. The van der Waals surface area contributed by atoms with E-state index in [0.717, 1.165) is 5.56 Å². The maximum absolute atomic E-state index is 11.4. The van der Waals surface area contributed by atoms with E-state index in [-0.39, 0.29) is 12.6 Å². The van der Waals surface area contributed by atoms with Gasteiger partial charge in [-0.25, -0.2) is 4.72 Å². The summed E-state index contributed by atoms with van der Waals surface area (Å²) in [7, 11) is -1.87. The van der Waals surface area contributed by atoms with Crippen LogP contribution in [0.5, 0.6) is 0 Å². The van der Waals surface area contributed by atoms with Gasteiger partial charge in [-0.1, -0.05) is 37.3 Å². The van der Waals surface area contributed by atoms with Crippen LogP contribution in [0.15, 0.2) is 30.3 Å². The molecule has 17 heavy (non-hydrogen) atoms. The molecule has 0 amide bonds. The van der Waals surface area contributed by atoms with E-state index in [0.29, 0.717) is 6.54 Å². The second-order valence-corrected chi connectivity index (χ2v) is 5.07. The summed E-state index contributed by atoms with van der Waals surface area (Å²) in [5.74, 6) is 0. The van der Waals surface area contributed by atoms with Gasteiger partial charge < -0.3 is 4.74 Å². The smallest absolute Gasteiger partial charge is 0.276 e. The first-order chi connectivity index (χ1) is 8.09.